The highest BCUT2D eigenvalue weighted by Crippen LogP contribution is 2.38. The van der Waals surface area contributed by atoms with E-state index in [9.17, 15) is 27.2 Å². The van der Waals surface area contributed by atoms with Crippen molar-refractivity contribution < 1.29 is 45.9 Å². The van der Waals surface area contributed by atoms with Crippen molar-refractivity contribution in [3.8, 4) is 22.3 Å². The average molecular weight is 1730 g/mol. The Balaban J connectivity index is 0.000000280. The van der Waals surface area contributed by atoms with Gasteiger partial charge in [0.1, 0.15) is 37.9 Å². The summed E-state index contributed by atoms with van der Waals surface area (Å²) >= 11 is 18.6. The molecule has 0 saturated carbocycles. The van der Waals surface area contributed by atoms with Gasteiger partial charge in [-0.1, -0.05) is 126 Å². The Morgan fingerprint density at radius 2 is 0.838 bits per heavy atom. The third kappa shape index (κ3) is 27.7. The first-order valence-electron chi connectivity index (χ1n) is 32.4. The van der Waals surface area contributed by atoms with Crippen molar-refractivity contribution >= 4 is 224 Å². The number of amides is 2. The van der Waals surface area contributed by atoms with E-state index in [0.717, 1.165) is 104 Å². The molecule has 11 aromatic rings. The number of carbonyl (C=O) groups excluding carboxylic acids is 2. The fraction of sp³-hybridized carbons (Fsp3) is 0.342. The minimum absolute atomic E-state index is 0. The highest BCUT2D eigenvalue weighted by Gasteiger charge is 2.51. The predicted octanol–water partition coefficient (Wildman–Crippen LogP) is 21.8. The van der Waals surface area contributed by atoms with Crippen molar-refractivity contribution in [1.29, 1.82) is 0 Å². The lowest BCUT2D eigenvalue weighted by Gasteiger charge is -2.32. The minimum Gasteiger partial charge on any atom is -0.443 e. The van der Waals surface area contributed by atoms with Crippen LogP contribution in [0.25, 0.3) is 63.1 Å². The lowest BCUT2D eigenvalue weighted by atomic mass is 9.79. The van der Waals surface area contributed by atoms with Crippen LogP contribution in [0.15, 0.2) is 155 Å². The third-order valence-corrected chi connectivity index (χ3v) is 19.9. The van der Waals surface area contributed by atoms with Gasteiger partial charge in [0, 0.05) is 73.3 Å². The van der Waals surface area contributed by atoms with Crippen molar-refractivity contribution in [2.75, 3.05) is 105 Å². The first-order valence-corrected chi connectivity index (χ1v) is 37.6. The molecule has 0 spiro atoms. The Bertz CT molecular complexity index is 4490. The van der Waals surface area contributed by atoms with E-state index in [2.05, 4.69) is 121 Å². The second kappa shape index (κ2) is 42.4. The third-order valence-electron chi connectivity index (χ3n) is 14.9. The van der Waals surface area contributed by atoms with E-state index in [1.807, 2.05) is 179 Å². The van der Waals surface area contributed by atoms with Gasteiger partial charge < -0.3 is 45.8 Å². The van der Waals surface area contributed by atoms with Gasteiger partial charge in [0.15, 0.2) is 19.9 Å². The first kappa shape index (κ1) is 91.0. The summed E-state index contributed by atoms with van der Waals surface area (Å²) in [4.78, 5) is 44.6. The lowest BCUT2D eigenvalue weighted by molar-refractivity contribution is 0.00578. The highest BCUT2D eigenvalue weighted by atomic mass is 79.9. The second-order valence-corrected chi connectivity index (χ2v) is 32.1. The Morgan fingerprint density at radius 1 is 0.514 bits per heavy atom. The number of hydrogen-bond acceptors (Lipinski definition) is 19. The lowest BCUT2D eigenvalue weighted by Crippen LogP contribution is -2.41. The van der Waals surface area contributed by atoms with Gasteiger partial charge in [-0.05, 0) is 194 Å². The average Bonchev–Trinajstić information content (AvgIpc) is 1.62. The van der Waals surface area contributed by atoms with Crippen molar-refractivity contribution in [2.45, 2.75) is 91.6 Å². The number of nitrogens with one attached hydrogen (secondary N) is 4. The zero-order valence-electron chi connectivity index (χ0n) is 60.3. The van der Waals surface area contributed by atoms with Crippen LogP contribution in [0.5, 0.6) is 0 Å². The van der Waals surface area contributed by atoms with Crippen molar-refractivity contribution in [2.24, 2.45) is 5.73 Å². The van der Waals surface area contributed by atoms with E-state index in [-0.39, 0.29) is 87.0 Å². The maximum atomic E-state index is 12.3. The Kier molecular flexibility index (Phi) is 36.7. The van der Waals surface area contributed by atoms with Crippen LogP contribution in [0.1, 0.15) is 69.2 Å². The number of anilines is 6. The van der Waals surface area contributed by atoms with Crippen molar-refractivity contribution in [3.05, 3.63) is 159 Å². The highest BCUT2D eigenvalue weighted by molar-refractivity contribution is 9.10. The van der Waals surface area contributed by atoms with E-state index < -0.39 is 31.7 Å². The second-order valence-electron chi connectivity index (χ2n) is 25.6. The summed E-state index contributed by atoms with van der Waals surface area (Å²) in [7, 11) is 4.89. The van der Waals surface area contributed by atoms with Gasteiger partial charge in [0.2, 0.25) is 0 Å². The van der Waals surface area contributed by atoms with Gasteiger partial charge >= 0.3 is 19.3 Å². The molecular weight excluding hydrogens is 1640 g/mol. The molecule has 32 heteroatoms. The summed E-state index contributed by atoms with van der Waals surface area (Å²) in [5.74, 6) is 0. The van der Waals surface area contributed by atoms with Crippen LogP contribution in [0.4, 0.5) is 59.6 Å². The number of thiazole rings is 4. The largest absolute Gasteiger partial charge is 0.494 e. The monoisotopic (exact) mass is 1730 g/mol. The molecule has 1 aliphatic rings. The zero-order valence-corrected chi connectivity index (χ0v) is 69.9. The molecule has 5 heterocycles. The smallest absolute Gasteiger partial charge is 0.443 e. The van der Waals surface area contributed by atoms with Crippen LogP contribution in [-0.4, -0.2) is 136 Å². The van der Waals surface area contributed by atoms with Gasteiger partial charge in [0.05, 0.1) is 52.1 Å². The van der Waals surface area contributed by atoms with E-state index >= 15 is 0 Å². The SMILES string of the molecule is CN(C(=O)OC(C)(C)C)c1ccc(-c2ccc3nc(NCCF)sc3c2)cc1.CN(C(=O)OC(C)(C)C)c1ccc(B2OC(C)(C)C(C)(C)O2)cc1.CNc1ccc(-c2ccc3nc(NCCF)sc3c2)cc1.Cl.Cl.Cl.Clc1nc2ccc(Br)cc2s1.FCCNc1nc2ccc(Br)cc2s1.NCCF. The number of rotatable bonds is 16. The molecule has 12 rings (SSSR count). The van der Waals surface area contributed by atoms with E-state index in [0.29, 0.717) is 17.6 Å². The maximum Gasteiger partial charge on any atom is 0.494 e. The number of fused-ring (bicyclic) bond motifs is 4. The van der Waals surface area contributed by atoms with E-state index in [1.54, 1.807) is 25.4 Å². The molecule has 0 radical (unpaired) electrons. The van der Waals surface area contributed by atoms with Gasteiger partial charge in [-0.2, -0.15) is 0 Å². The summed E-state index contributed by atoms with van der Waals surface area (Å²) in [5.41, 5.74) is 14.5. The van der Waals surface area contributed by atoms with E-state index in [4.69, 9.17) is 30.4 Å². The summed E-state index contributed by atoms with van der Waals surface area (Å²) in [6.07, 6.45) is -0.773. The number of hydrogen-bond donors (Lipinski definition) is 5. The minimum atomic E-state index is -0.534. The van der Waals surface area contributed by atoms with Crippen LogP contribution >= 0.6 is 126 Å². The Hall–Kier alpha value is -6.38. The molecule has 1 aliphatic heterocycles. The van der Waals surface area contributed by atoms with Gasteiger partial charge in [-0.3, -0.25) is 9.80 Å². The molecule has 7 aromatic carbocycles. The number of nitrogens with zero attached hydrogens (tertiary/aromatic N) is 6. The molecule has 568 valence electrons. The van der Waals surface area contributed by atoms with Crippen LogP contribution < -0.4 is 42.3 Å². The maximum absolute atomic E-state index is 12.3. The molecule has 0 unspecified atom stereocenters. The molecule has 4 aromatic heterocycles. The number of nitrogens with two attached hydrogens (primary N) is 1. The summed E-state index contributed by atoms with van der Waals surface area (Å²) in [5, 5.41) is 14.3. The molecule has 0 atom stereocenters. The van der Waals surface area contributed by atoms with Gasteiger partial charge in [0.25, 0.3) is 0 Å². The Morgan fingerprint density at radius 3 is 1.19 bits per heavy atom. The van der Waals surface area contributed by atoms with Crippen LogP contribution in [0.3, 0.4) is 0 Å². The van der Waals surface area contributed by atoms with Crippen LogP contribution in [-0.2, 0) is 18.8 Å². The predicted molar refractivity (Wildman–Crippen MR) is 451 cm³/mol. The standard InChI is InChI=1S/C21H24FN3O2S.C18H28BNO4.C16H16FN3S.C9H8BrFN2S.C7H3BrClNS.C2H6FN.3ClH/c1-21(2,3)27-20(26)25(4)16-8-5-14(6-9-16)15-7-10-17-18(13-15)28-19(24-17)23-12-11-22;1-16(2,3)22-15(21)20(8)14-11-9-13(10-12-14)19-23-17(4,5)18(6,7)24-19;1-18-13-5-2-11(3-6-13)12-4-7-14-15(10-12)21-16(20-14)19-9-8-17;10-6-1-2-7-8(5-6)14-9(13-7)12-4-3-11;8-4-1-2-5-6(3-4)11-7(9)10-5;3-1-2-4;;;/h5-10,13H,11-12H2,1-4H3,(H,23,24);9-12H,1-8H3;2-7,10,18H,8-9H2,1H3,(H,19,20);1-2,5H,3-4H2,(H,12,13);1-3H;1-2,4H2;3*1H. The Labute approximate surface area is 668 Å². The molecule has 6 N–H and O–H groups in total. The topological polar surface area (TPSA) is 203 Å². The number of ether oxygens (including phenoxy) is 2. The molecule has 0 bridgehead atoms. The number of aromatic nitrogens is 4. The molecule has 0 aliphatic carbocycles. The van der Waals surface area contributed by atoms with Gasteiger partial charge in [-0.25, -0.2) is 47.1 Å². The molecule has 1 fully saturated rings. The number of benzene rings is 7. The number of halogens is 10. The summed E-state index contributed by atoms with van der Waals surface area (Å²) in [6.45, 7) is 18.6. The van der Waals surface area contributed by atoms with Gasteiger partial charge in [-0.15, -0.1) is 48.6 Å². The molecule has 105 heavy (non-hydrogen) atoms. The van der Waals surface area contributed by atoms with Crippen molar-refractivity contribution in [1.82, 2.24) is 19.9 Å². The normalized spacial score (nSPS) is 12.4. The molecule has 2 amide bonds. The number of carbonyl (C=O) groups is 2. The van der Waals surface area contributed by atoms with Crippen LogP contribution in [0.2, 0.25) is 4.47 Å². The summed E-state index contributed by atoms with van der Waals surface area (Å²) in [6, 6.07) is 47.6. The summed E-state index contributed by atoms with van der Waals surface area (Å²) < 4.78 is 76.9. The zero-order chi connectivity index (χ0) is 74.5. The molecule has 1 saturated heterocycles. The first-order chi connectivity index (χ1) is 48.3. The number of alkyl halides is 4. The fourth-order valence-electron chi connectivity index (χ4n) is 9.08. The molecule has 17 nitrogen and oxygen atoms in total. The van der Waals surface area contributed by atoms with E-state index in [1.165, 1.54) is 49.4 Å². The molecular formula is C73H88BBr2Cl4F4N11O6S4. The fourth-order valence-corrected chi connectivity index (χ4v) is 14.0. The van der Waals surface area contributed by atoms with Crippen LogP contribution in [0, 0.1) is 0 Å². The van der Waals surface area contributed by atoms with Crippen molar-refractivity contribution in [3.63, 3.8) is 0 Å². The quantitative estimate of drug-likeness (QED) is 0.0451.